The van der Waals surface area contributed by atoms with E-state index in [1.165, 1.54) is 0 Å². The average Bonchev–Trinajstić information content (AvgIpc) is 3.16. The molecule has 6 heteroatoms. The van der Waals surface area contributed by atoms with E-state index in [9.17, 15) is 9.59 Å². The number of hydrogen-bond donors (Lipinski definition) is 1. The molecule has 0 radical (unpaired) electrons. The molecule has 1 N–H and O–H groups in total. The Labute approximate surface area is 172 Å². The van der Waals surface area contributed by atoms with E-state index in [0.717, 1.165) is 17.7 Å². The Morgan fingerprint density at radius 2 is 1.97 bits per heavy atom. The maximum absolute atomic E-state index is 13.1. The smallest absolute Gasteiger partial charge is 0.228 e. The molecule has 6 nitrogen and oxygen atoms in total. The van der Waals surface area contributed by atoms with Gasteiger partial charge in [-0.25, -0.2) is 0 Å². The third-order valence-electron chi connectivity index (χ3n) is 5.47. The zero-order valence-corrected chi connectivity index (χ0v) is 17.8. The molecule has 1 atom stereocenters. The second-order valence-corrected chi connectivity index (χ2v) is 8.94. The van der Waals surface area contributed by atoms with Gasteiger partial charge in [-0.15, -0.1) is 0 Å². The molecule has 1 aliphatic heterocycles. The fourth-order valence-corrected chi connectivity index (χ4v) is 4.01. The fraction of sp³-hybridized carbons (Fsp3) is 0.522. The van der Waals surface area contributed by atoms with Gasteiger partial charge in [0.2, 0.25) is 11.8 Å². The standard InChI is InChI=1S/C23H31N3O3/c1-5-24-20(27)23(12-9-13-26(16-23)21(28)22(2,3)4)15-18-14-19(25-29-18)17-10-7-6-8-11-17/h6-8,10-11,14H,5,9,12-13,15-16H2,1-4H3,(H,24,27)/t23-/m1/s1. The van der Waals surface area contributed by atoms with Gasteiger partial charge in [-0.05, 0) is 19.8 Å². The summed E-state index contributed by atoms with van der Waals surface area (Å²) in [7, 11) is 0. The van der Waals surface area contributed by atoms with Crippen molar-refractivity contribution in [3.05, 3.63) is 42.2 Å². The van der Waals surface area contributed by atoms with Crippen LogP contribution in [0.4, 0.5) is 0 Å². The zero-order valence-electron chi connectivity index (χ0n) is 17.8. The highest BCUT2D eigenvalue weighted by molar-refractivity contribution is 5.86. The van der Waals surface area contributed by atoms with Gasteiger partial charge >= 0.3 is 0 Å². The second-order valence-electron chi connectivity index (χ2n) is 8.94. The predicted molar refractivity (Wildman–Crippen MR) is 112 cm³/mol. The summed E-state index contributed by atoms with van der Waals surface area (Å²) in [5.41, 5.74) is 0.549. The molecule has 3 rings (SSSR count). The van der Waals surface area contributed by atoms with Crippen LogP contribution >= 0.6 is 0 Å². The van der Waals surface area contributed by atoms with Crippen LogP contribution in [0.5, 0.6) is 0 Å². The number of nitrogens with one attached hydrogen (secondary N) is 1. The summed E-state index contributed by atoms with van der Waals surface area (Å²) in [5.74, 6) is 0.720. The van der Waals surface area contributed by atoms with Crippen LogP contribution < -0.4 is 5.32 Å². The summed E-state index contributed by atoms with van der Waals surface area (Å²) in [6.07, 6.45) is 1.93. The van der Waals surface area contributed by atoms with Gasteiger partial charge in [0.05, 0.1) is 5.41 Å². The summed E-state index contributed by atoms with van der Waals surface area (Å²) in [5, 5.41) is 7.17. The topological polar surface area (TPSA) is 75.4 Å². The van der Waals surface area contributed by atoms with Crippen molar-refractivity contribution in [2.24, 2.45) is 10.8 Å². The number of benzene rings is 1. The largest absolute Gasteiger partial charge is 0.361 e. The molecule has 1 aromatic heterocycles. The molecule has 1 fully saturated rings. The molecule has 2 heterocycles. The van der Waals surface area contributed by atoms with Crippen LogP contribution in [0.25, 0.3) is 11.3 Å². The van der Waals surface area contributed by atoms with Crippen molar-refractivity contribution in [1.82, 2.24) is 15.4 Å². The van der Waals surface area contributed by atoms with E-state index in [-0.39, 0.29) is 11.8 Å². The number of carbonyl (C=O) groups is 2. The molecule has 0 bridgehead atoms. The highest BCUT2D eigenvalue weighted by Crippen LogP contribution is 2.36. The first-order valence-electron chi connectivity index (χ1n) is 10.3. The van der Waals surface area contributed by atoms with Gasteiger partial charge in [-0.1, -0.05) is 56.3 Å². The van der Waals surface area contributed by atoms with E-state index in [1.54, 1.807) is 0 Å². The molecule has 0 aliphatic carbocycles. The summed E-state index contributed by atoms with van der Waals surface area (Å²) < 4.78 is 5.60. The first-order chi connectivity index (χ1) is 13.7. The fourth-order valence-electron chi connectivity index (χ4n) is 4.01. The van der Waals surface area contributed by atoms with E-state index in [1.807, 2.05) is 69.0 Å². The molecule has 1 aromatic carbocycles. The van der Waals surface area contributed by atoms with Crippen molar-refractivity contribution >= 4 is 11.8 Å². The Balaban J connectivity index is 1.87. The average molecular weight is 398 g/mol. The highest BCUT2D eigenvalue weighted by Gasteiger charge is 2.45. The van der Waals surface area contributed by atoms with Gasteiger partial charge in [-0.3, -0.25) is 9.59 Å². The Morgan fingerprint density at radius 3 is 2.62 bits per heavy atom. The lowest BCUT2D eigenvalue weighted by Crippen LogP contribution is -2.56. The van der Waals surface area contributed by atoms with Gasteiger partial charge in [0.1, 0.15) is 11.5 Å². The van der Waals surface area contributed by atoms with Crippen molar-refractivity contribution in [1.29, 1.82) is 0 Å². The maximum Gasteiger partial charge on any atom is 0.228 e. The lowest BCUT2D eigenvalue weighted by atomic mass is 9.74. The zero-order chi connectivity index (χ0) is 21.1. The summed E-state index contributed by atoms with van der Waals surface area (Å²) in [4.78, 5) is 27.8. The molecule has 1 saturated heterocycles. The van der Waals surface area contributed by atoms with Crippen molar-refractivity contribution < 1.29 is 14.1 Å². The Hall–Kier alpha value is -2.63. The number of aromatic nitrogens is 1. The number of amides is 2. The number of rotatable bonds is 5. The van der Waals surface area contributed by atoms with Crippen LogP contribution in [-0.2, 0) is 16.0 Å². The SMILES string of the molecule is CCNC(=O)[C@@]1(Cc2cc(-c3ccccc3)no2)CCCN(C(=O)C(C)(C)C)C1. The van der Waals surface area contributed by atoms with Crippen LogP contribution in [-0.4, -0.2) is 41.5 Å². The lowest BCUT2D eigenvalue weighted by Gasteiger charge is -2.43. The molecule has 2 aromatic rings. The minimum absolute atomic E-state index is 0.0240. The van der Waals surface area contributed by atoms with Gasteiger partial charge in [0, 0.05) is 43.1 Å². The monoisotopic (exact) mass is 397 g/mol. The van der Waals surface area contributed by atoms with Crippen LogP contribution in [0.2, 0.25) is 0 Å². The highest BCUT2D eigenvalue weighted by atomic mass is 16.5. The number of carbonyl (C=O) groups excluding carboxylic acids is 2. The van der Waals surface area contributed by atoms with Crippen LogP contribution in [0, 0.1) is 10.8 Å². The quantitative estimate of drug-likeness (QED) is 0.835. The number of hydrogen-bond acceptors (Lipinski definition) is 4. The third-order valence-corrected chi connectivity index (χ3v) is 5.47. The molecule has 156 valence electrons. The predicted octanol–water partition coefficient (Wildman–Crippen LogP) is 3.68. The number of nitrogens with zero attached hydrogens (tertiary/aromatic N) is 2. The van der Waals surface area contributed by atoms with Gasteiger partial charge in [-0.2, -0.15) is 0 Å². The van der Waals surface area contributed by atoms with Gasteiger partial charge in [0.25, 0.3) is 0 Å². The first kappa shape index (κ1) is 21.1. The van der Waals surface area contributed by atoms with E-state index in [0.29, 0.717) is 38.2 Å². The van der Waals surface area contributed by atoms with E-state index in [2.05, 4.69) is 10.5 Å². The summed E-state index contributed by atoms with van der Waals surface area (Å²) in [6, 6.07) is 11.7. The normalized spacial score (nSPS) is 19.8. The molecule has 1 aliphatic rings. The molecule has 0 unspecified atom stereocenters. The summed E-state index contributed by atoms with van der Waals surface area (Å²) in [6.45, 7) is 9.30. The first-order valence-corrected chi connectivity index (χ1v) is 10.3. The Bertz CT molecular complexity index is 854. The van der Waals surface area contributed by atoms with Crippen LogP contribution in [0.15, 0.2) is 40.9 Å². The molecule has 0 saturated carbocycles. The Kier molecular flexibility index (Phi) is 6.10. The minimum atomic E-state index is -0.706. The van der Waals surface area contributed by atoms with Gasteiger partial charge in [0.15, 0.2) is 0 Å². The van der Waals surface area contributed by atoms with Crippen molar-refractivity contribution in [3.8, 4) is 11.3 Å². The van der Waals surface area contributed by atoms with Crippen molar-refractivity contribution in [2.75, 3.05) is 19.6 Å². The number of likely N-dealkylation sites (tertiary alicyclic amines) is 1. The molecular weight excluding hydrogens is 366 g/mol. The molecule has 2 amide bonds. The van der Waals surface area contributed by atoms with E-state index < -0.39 is 10.8 Å². The minimum Gasteiger partial charge on any atom is -0.361 e. The molecular formula is C23H31N3O3. The Morgan fingerprint density at radius 1 is 1.24 bits per heavy atom. The van der Waals surface area contributed by atoms with E-state index in [4.69, 9.17) is 4.52 Å². The van der Waals surface area contributed by atoms with E-state index >= 15 is 0 Å². The maximum atomic E-state index is 13.1. The van der Waals surface area contributed by atoms with Crippen LogP contribution in [0.3, 0.4) is 0 Å². The number of piperidine rings is 1. The molecule has 29 heavy (non-hydrogen) atoms. The van der Waals surface area contributed by atoms with Crippen molar-refractivity contribution in [3.63, 3.8) is 0 Å². The lowest BCUT2D eigenvalue weighted by molar-refractivity contribution is -0.147. The summed E-state index contributed by atoms with van der Waals surface area (Å²) >= 11 is 0. The second kappa shape index (κ2) is 8.39. The van der Waals surface area contributed by atoms with Gasteiger partial charge < -0.3 is 14.7 Å². The third kappa shape index (κ3) is 4.69. The van der Waals surface area contributed by atoms with Crippen molar-refractivity contribution in [2.45, 2.75) is 47.0 Å². The molecule has 0 spiro atoms. The van der Waals surface area contributed by atoms with Crippen LogP contribution in [0.1, 0.15) is 46.3 Å².